The lowest BCUT2D eigenvalue weighted by Gasteiger charge is -2.26. The zero-order valence-electron chi connectivity index (χ0n) is 15.0. The van der Waals surface area contributed by atoms with Gasteiger partial charge in [0.15, 0.2) is 0 Å². The Labute approximate surface area is 149 Å². The van der Waals surface area contributed by atoms with Crippen molar-refractivity contribution in [1.29, 1.82) is 0 Å². The molecule has 3 N–H and O–H groups in total. The molecule has 2 rings (SSSR count). The minimum Gasteiger partial charge on any atom is -0.495 e. The van der Waals surface area contributed by atoms with E-state index in [1.807, 2.05) is 0 Å². The van der Waals surface area contributed by atoms with Gasteiger partial charge in [-0.25, -0.2) is 8.42 Å². The summed E-state index contributed by atoms with van der Waals surface area (Å²) in [4.78, 5) is 12.3. The largest absolute Gasteiger partial charge is 0.495 e. The number of nitrogens with one attached hydrogen (secondary N) is 1. The highest BCUT2D eigenvalue weighted by Crippen LogP contribution is 2.31. The van der Waals surface area contributed by atoms with Gasteiger partial charge in [0.1, 0.15) is 10.6 Å². The number of hydrogen-bond donors (Lipinski definition) is 2. The van der Waals surface area contributed by atoms with Gasteiger partial charge < -0.3 is 15.8 Å². The molecule has 0 aromatic heterocycles. The summed E-state index contributed by atoms with van der Waals surface area (Å²) in [6, 6.07) is 4.34. The molecule has 1 fully saturated rings. The van der Waals surface area contributed by atoms with Crippen molar-refractivity contribution in [3.8, 4) is 5.75 Å². The molecule has 1 aliphatic heterocycles. The molecule has 0 radical (unpaired) electrons. The van der Waals surface area contributed by atoms with Crippen LogP contribution in [0, 0.1) is 5.92 Å². The van der Waals surface area contributed by atoms with E-state index in [1.165, 1.54) is 17.5 Å². The van der Waals surface area contributed by atoms with Crippen LogP contribution in [0.4, 0.5) is 5.69 Å². The first-order valence-corrected chi connectivity index (χ1v) is 9.96. The topological polar surface area (TPSA) is 102 Å². The fraction of sp³-hybridized carbons (Fsp3) is 0.588. The van der Waals surface area contributed by atoms with Crippen LogP contribution >= 0.6 is 0 Å². The van der Waals surface area contributed by atoms with Crippen LogP contribution in [0.1, 0.15) is 33.1 Å². The maximum absolute atomic E-state index is 13.0. The summed E-state index contributed by atoms with van der Waals surface area (Å²) < 4.78 is 32.6. The Balaban J connectivity index is 2.32. The molecule has 1 amide bonds. The fourth-order valence-corrected chi connectivity index (χ4v) is 4.39. The van der Waals surface area contributed by atoms with Crippen molar-refractivity contribution in [3.05, 3.63) is 18.2 Å². The zero-order chi connectivity index (χ0) is 18.6. The Bertz CT molecular complexity index is 713. The van der Waals surface area contributed by atoms with Crippen LogP contribution < -0.4 is 15.8 Å². The number of methoxy groups -OCH3 is 1. The number of anilines is 1. The molecule has 1 heterocycles. The van der Waals surface area contributed by atoms with Gasteiger partial charge in [-0.15, -0.1) is 0 Å². The summed E-state index contributed by atoms with van der Waals surface area (Å²) in [6.07, 6.45) is 2.74. The van der Waals surface area contributed by atoms with E-state index in [9.17, 15) is 13.2 Å². The average molecular weight is 369 g/mol. The second-order valence-corrected chi connectivity index (χ2v) is 8.37. The van der Waals surface area contributed by atoms with Gasteiger partial charge >= 0.3 is 0 Å². The molecule has 1 aromatic rings. The van der Waals surface area contributed by atoms with Gasteiger partial charge in [0.25, 0.3) is 0 Å². The van der Waals surface area contributed by atoms with Crippen molar-refractivity contribution >= 4 is 21.6 Å². The quantitative estimate of drug-likeness (QED) is 0.796. The molecule has 1 saturated heterocycles. The SMILES string of the molecule is COc1ccc(NC(=O)C(C)C(C)N)cc1S(=O)(=O)N1CCCCC1. The number of amides is 1. The van der Waals surface area contributed by atoms with E-state index >= 15 is 0 Å². The number of ether oxygens (including phenoxy) is 1. The third-order valence-electron chi connectivity index (χ3n) is 4.57. The molecule has 2 unspecified atom stereocenters. The molecule has 7 nitrogen and oxygen atoms in total. The first kappa shape index (κ1) is 19.7. The lowest BCUT2D eigenvalue weighted by Crippen LogP contribution is -2.36. The van der Waals surface area contributed by atoms with E-state index in [0.717, 1.165) is 19.3 Å². The van der Waals surface area contributed by atoms with Crippen LogP contribution in [0.2, 0.25) is 0 Å². The van der Waals surface area contributed by atoms with Gasteiger partial charge in [0.05, 0.1) is 13.0 Å². The number of carbonyl (C=O) groups excluding carboxylic acids is 1. The van der Waals surface area contributed by atoms with Crippen molar-refractivity contribution < 1.29 is 17.9 Å². The summed E-state index contributed by atoms with van der Waals surface area (Å²) in [5.74, 6) is -0.366. The summed E-state index contributed by atoms with van der Waals surface area (Å²) in [5, 5.41) is 2.73. The molecule has 0 aliphatic carbocycles. The lowest BCUT2D eigenvalue weighted by molar-refractivity contribution is -0.119. The number of rotatable bonds is 6. The first-order chi connectivity index (χ1) is 11.8. The Kier molecular flexibility index (Phi) is 6.42. The molecule has 25 heavy (non-hydrogen) atoms. The molecule has 8 heteroatoms. The number of nitrogens with zero attached hydrogens (tertiary/aromatic N) is 1. The Hall–Kier alpha value is -1.64. The highest BCUT2D eigenvalue weighted by atomic mass is 32.2. The van der Waals surface area contributed by atoms with Gasteiger partial charge in [-0.3, -0.25) is 4.79 Å². The maximum atomic E-state index is 13.0. The second-order valence-electron chi connectivity index (χ2n) is 6.47. The number of piperidine rings is 1. The zero-order valence-corrected chi connectivity index (χ0v) is 15.8. The fourth-order valence-electron chi connectivity index (χ4n) is 2.70. The highest BCUT2D eigenvalue weighted by Gasteiger charge is 2.29. The summed E-state index contributed by atoms with van der Waals surface area (Å²) >= 11 is 0. The van der Waals surface area contributed by atoms with E-state index in [2.05, 4.69) is 5.32 Å². The molecule has 0 saturated carbocycles. The van der Waals surface area contributed by atoms with Gasteiger partial charge in [-0.1, -0.05) is 13.3 Å². The van der Waals surface area contributed by atoms with Gasteiger partial charge in [-0.2, -0.15) is 4.31 Å². The molecule has 2 atom stereocenters. The van der Waals surface area contributed by atoms with Crippen molar-refractivity contribution in [2.24, 2.45) is 11.7 Å². The Morgan fingerprint density at radius 3 is 2.44 bits per heavy atom. The van der Waals surface area contributed by atoms with Crippen LogP contribution in [0.15, 0.2) is 23.1 Å². The van der Waals surface area contributed by atoms with Crippen molar-refractivity contribution in [3.63, 3.8) is 0 Å². The predicted octanol–water partition coefficient (Wildman–Crippen LogP) is 1.79. The van der Waals surface area contributed by atoms with E-state index in [-0.39, 0.29) is 28.5 Å². The second kappa shape index (κ2) is 8.16. The minimum atomic E-state index is -3.67. The molecule has 140 valence electrons. The molecule has 1 aliphatic rings. The predicted molar refractivity (Wildman–Crippen MR) is 97.0 cm³/mol. The number of carbonyl (C=O) groups is 1. The van der Waals surface area contributed by atoms with Crippen LogP contribution in [0.25, 0.3) is 0 Å². The Morgan fingerprint density at radius 1 is 1.24 bits per heavy atom. The third kappa shape index (κ3) is 4.50. The van der Waals surface area contributed by atoms with Crippen molar-refractivity contribution in [2.75, 3.05) is 25.5 Å². The van der Waals surface area contributed by atoms with Crippen molar-refractivity contribution in [1.82, 2.24) is 4.31 Å². The summed E-state index contributed by atoms with van der Waals surface area (Å²) in [7, 11) is -2.24. The maximum Gasteiger partial charge on any atom is 0.246 e. The van der Waals surface area contributed by atoms with E-state index in [0.29, 0.717) is 18.8 Å². The highest BCUT2D eigenvalue weighted by molar-refractivity contribution is 7.89. The monoisotopic (exact) mass is 369 g/mol. The molecular formula is C17H27N3O4S. The smallest absolute Gasteiger partial charge is 0.246 e. The first-order valence-electron chi connectivity index (χ1n) is 8.52. The molecular weight excluding hydrogens is 342 g/mol. The normalized spacial score (nSPS) is 18.4. The third-order valence-corrected chi connectivity index (χ3v) is 6.49. The lowest BCUT2D eigenvalue weighted by atomic mass is 10.0. The van der Waals surface area contributed by atoms with Gasteiger partial charge in [-0.05, 0) is 38.0 Å². The number of nitrogens with two attached hydrogens (primary N) is 1. The minimum absolute atomic E-state index is 0.0724. The average Bonchev–Trinajstić information content (AvgIpc) is 2.61. The van der Waals surface area contributed by atoms with Gasteiger partial charge in [0.2, 0.25) is 15.9 Å². The van der Waals surface area contributed by atoms with E-state index in [1.54, 1.807) is 26.0 Å². The van der Waals surface area contributed by atoms with Crippen LogP contribution in [0.5, 0.6) is 5.75 Å². The standard InChI is InChI=1S/C17H27N3O4S/c1-12(13(2)18)17(21)19-14-7-8-15(24-3)16(11-14)25(22,23)20-9-5-4-6-10-20/h7-8,11-13H,4-6,9-10,18H2,1-3H3,(H,19,21). The number of benzene rings is 1. The van der Waals surface area contributed by atoms with E-state index in [4.69, 9.17) is 10.5 Å². The van der Waals surface area contributed by atoms with Gasteiger partial charge in [0, 0.05) is 24.8 Å². The van der Waals surface area contributed by atoms with Crippen molar-refractivity contribution in [2.45, 2.75) is 44.0 Å². The molecule has 0 bridgehead atoms. The number of sulfonamides is 1. The van der Waals surface area contributed by atoms with Crippen LogP contribution in [-0.4, -0.2) is 44.9 Å². The Morgan fingerprint density at radius 2 is 1.88 bits per heavy atom. The summed E-state index contributed by atoms with van der Waals surface area (Å²) in [6.45, 7) is 4.49. The summed E-state index contributed by atoms with van der Waals surface area (Å²) in [5.41, 5.74) is 6.16. The van der Waals surface area contributed by atoms with Crippen LogP contribution in [-0.2, 0) is 14.8 Å². The molecule has 1 aromatic carbocycles. The van der Waals surface area contributed by atoms with Crippen LogP contribution in [0.3, 0.4) is 0 Å². The molecule has 0 spiro atoms. The van der Waals surface area contributed by atoms with E-state index < -0.39 is 10.0 Å². The number of hydrogen-bond acceptors (Lipinski definition) is 5.